The van der Waals surface area contributed by atoms with Crippen LogP contribution in [-0.2, 0) is 16.1 Å². The summed E-state index contributed by atoms with van der Waals surface area (Å²) in [5.74, 6) is 0.208. The number of carbonyl (C=O) groups is 1. The number of unbranched alkanes of at least 4 members (excludes halogenated alkanes) is 1. The van der Waals surface area contributed by atoms with Gasteiger partial charge in [0, 0.05) is 45.4 Å². The van der Waals surface area contributed by atoms with Crippen LogP contribution in [0.4, 0.5) is 17.3 Å². The molecule has 1 saturated heterocycles. The number of nitrogens with one attached hydrogen (secondary N) is 1. The predicted octanol–water partition coefficient (Wildman–Crippen LogP) is 1.08. The second kappa shape index (κ2) is 11.5. The van der Waals surface area contributed by atoms with Gasteiger partial charge in [0.25, 0.3) is 5.56 Å². The van der Waals surface area contributed by atoms with Crippen LogP contribution in [0.1, 0.15) is 38.2 Å². The predicted molar refractivity (Wildman–Crippen MR) is 129 cm³/mol. The van der Waals surface area contributed by atoms with Crippen molar-refractivity contribution in [2.24, 2.45) is 5.92 Å². The van der Waals surface area contributed by atoms with Crippen molar-refractivity contribution in [3.05, 3.63) is 44.7 Å². The second-order valence-electron chi connectivity index (χ2n) is 8.26. The first-order valence-corrected chi connectivity index (χ1v) is 11.4. The first-order valence-electron chi connectivity index (χ1n) is 11.4. The molecule has 0 spiro atoms. The fraction of sp³-hybridized carbons (Fsp3) is 0.522. The monoisotopic (exact) mass is 469 g/mol. The molecular weight excluding hydrogens is 438 g/mol. The van der Waals surface area contributed by atoms with Crippen LogP contribution in [0.2, 0.25) is 0 Å². The summed E-state index contributed by atoms with van der Waals surface area (Å²) in [6.45, 7) is 3.92. The van der Waals surface area contributed by atoms with Crippen molar-refractivity contribution in [2.75, 3.05) is 48.9 Å². The molecule has 1 amide bonds. The Kier molecular flexibility index (Phi) is 8.43. The number of nitrogens with zero attached hydrogens (tertiary/aromatic N) is 5. The van der Waals surface area contributed by atoms with Crippen molar-refractivity contribution in [3.63, 3.8) is 0 Å². The van der Waals surface area contributed by atoms with E-state index >= 15 is 0 Å². The Bertz CT molecular complexity index is 1140. The molecule has 11 heteroatoms. The van der Waals surface area contributed by atoms with Gasteiger partial charge in [-0.05, 0) is 31.4 Å². The maximum Gasteiger partial charge on any atom is 0.330 e. The molecule has 1 aliphatic rings. The maximum atomic E-state index is 13.6. The van der Waals surface area contributed by atoms with Crippen LogP contribution in [0.3, 0.4) is 0 Å². The molecule has 0 radical (unpaired) electrons. The highest BCUT2D eigenvalue weighted by molar-refractivity contribution is 5.97. The zero-order valence-corrected chi connectivity index (χ0v) is 19.6. The van der Waals surface area contributed by atoms with E-state index < -0.39 is 11.2 Å². The van der Waals surface area contributed by atoms with Gasteiger partial charge in [0.2, 0.25) is 5.91 Å². The number of amides is 1. The van der Waals surface area contributed by atoms with Gasteiger partial charge in [-0.3, -0.25) is 19.1 Å². The number of nitrogen functional groups attached to an aromatic ring is 1. The molecule has 34 heavy (non-hydrogen) atoms. The molecule has 3 rings (SSSR count). The number of methoxy groups -OCH3 is 1. The Morgan fingerprint density at radius 2 is 2.09 bits per heavy atom. The number of nitrogens with two attached hydrogens (primary N) is 1. The van der Waals surface area contributed by atoms with Crippen LogP contribution in [0.5, 0.6) is 0 Å². The minimum atomic E-state index is -0.682. The van der Waals surface area contributed by atoms with Crippen molar-refractivity contribution in [1.29, 1.82) is 5.26 Å². The van der Waals surface area contributed by atoms with Gasteiger partial charge in [-0.15, -0.1) is 0 Å². The molecule has 3 heterocycles. The van der Waals surface area contributed by atoms with Gasteiger partial charge in [-0.25, -0.2) is 9.78 Å². The van der Waals surface area contributed by atoms with E-state index in [0.29, 0.717) is 44.5 Å². The number of pyridine rings is 1. The first-order chi connectivity index (χ1) is 16.4. The van der Waals surface area contributed by atoms with E-state index in [-0.39, 0.29) is 36.5 Å². The third kappa shape index (κ3) is 5.46. The van der Waals surface area contributed by atoms with Crippen molar-refractivity contribution < 1.29 is 9.53 Å². The van der Waals surface area contributed by atoms with Gasteiger partial charge in [0.1, 0.15) is 17.7 Å². The summed E-state index contributed by atoms with van der Waals surface area (Å²) in [6, 6.07) is 5.56. The van der Waals surface area contributed by atoms with Crippen LogP contribution in [-0.4, -0.2) is 53.8 Å². The van der Waals surface area contributed by atoms with E-state index in [1.54, 1.807) is 12.1 Å². The van der Waals surface area contributed by atoms with Crippen LogP contribution in [0, 0.1) is 17.2 Å². The highest BCUT2D eigenvalue weighted by atomic mass is 16.5. The molecule has 2 aromatic heterocycles. The second-order valence-corrected chi connectivity index (χ2v) is 8.26. The lowest BCUT2D eigenvalue weighted by Crippen LogP contribution is -2.47. The lowest BCUT2D eigenvalue weighted by molar-refractivity contribution is -0.123. The minimum absolute atomic E-state index is 0.00561. The maximum absolute atomic E-state index is 13.6. The number of ether oxygens (including phenoxy) is 1. The Hall–Kier alpha value is -3.65. The quantitative estimate of drug-likeness (QED) is 0.554. The normalized spacial score (nSPS) is 14.1. The van der Waals surface area contributed by atoms with Crippen LogP contribution >= 0.6 is 0 Å². The van der Waals surface area contributed by atoms with E-state index in [9.17, 15) is 14.4 Å². The Labute approximate surface area is 197 Å². The molecule has 1 aliphatic heterocycles. The summed E-state index contributed by atoms with van der Waals surface area (Å²) in [6.07, 6.45) is 4.22. The van der Waals surface area contributed by atoms with Crippen molar-refractivity contribution in [2.45, 2.75) is 39.2 Å². The molecule has 0 aromatic carbocycles. The number of hydrogen-bond donors (Lipinski definition) is 2. The highest BCUT2D eigenvalue weighted by Gasteiger charge is 2.32. The molecule has 0 aliphatic carbocycles. The Balaban J connectivity index is 1.82. The standard InChI is InChI=1S/C23H31N7O4/c1-3-4-9-30-20(25)19(21(31)27-23(30)33)29(12-13-34-2)22(32)17-7-10-28(11-8-17)18-6-5-16(14-24)15-26-18/h5-6,15,17H,3-4,7-13,25H2,1-2H3,(H,27,31,33). The van der Waals surface area contributed by atoms with Crippen LogP contribution in [0.15, 0.2) is 27.9 Å². The summed E-state index contributed by atoms with van der Waals surface area (Å²) in [5.41, 5.74) is 5.48. The van der Waals surface area contributed by atoms with Gasteiger partial charge in [-0.1, -0.05) is 13.3 Å². The topological polar surface area (TPSA) is 150 Å². The number of carbonyl (C=O) groups excluding carboxylic acids is 1. The fourth-order valence-corrected chi connectivity index (χ4v) is 4.11. The molecule has 2 aromatic rings. The molecule has 0 saturated carbocycles. The van der Waals surface area contributed by atoms with E-state index in [1.807, 2.05) is 6.92 Å². The lowest BCUT2D eigenvalue weighted by Gasteiger charge is -2.35. The van der Waals surface area contributed by atoms with Gasteiger partial charge >= 0.3 is 5.69 Å². The fourth-order valence-electron chi connectivity index (χ4n) is 4.11. The van der Waals surface area contributed by atoms with Crippen molar-refractivity contribution in [3.8, 4) is 6.07 Å². The number of rotatable bonds is 9. The molecule has 0 atom stereocenters. The van der Waals surface area contributed by atoms with Gasteiger partial charge in [0.15, 0.2) is 5.69 Å². The van der Waals surface area contributed by atoms with Crippen LogP contribution < -0.4 is 26.8 Å². The SMILES string of the molecule is CCCCn1c(N)c(N(CCOC)C(=O)C2CCN(c3ccc(C#N)cn3)CC2)c(=O)[nH]c1=O. The summed E-state index contributed by atoms with van der Waals surface area (Å²) >= 11 is 0. The number of aromatic amines is 1. The Morgan fingerprint density at radius 3 is 2.68 bits per heavy atom. The van der Waals surface area contributed by atoms with E-state index in [0.717, 1.165) is 12.2 Å². The summed E-state index contributed by atoms with van der Waals surface area (Å²) in [4.78, 5) is 48.7. The Morgan fingerprint density at radius 1 is 1.35 bits per heavy atom. The highest BCUT2D eigenvalue weighted by Crippen LogP contribution is 2.26. The first kappa shape index (κ1) is 25.0. The van der Waals surface area contributed by atoms with E-state index in [4.69, 9.17) is 15.7 Å². The zero-order chi connectivity index (χ0) is 24.7. The number of anilines is 3. The molecule has 3 N–H and O–H groups in total. The molecule has 1 fully saturated rings. The van der Waals surface area contributed by atoms with Crippen LogP contribution in [0.25, 0.3) is 0 Å². The molecular formula is C23H31N7O4. The number of H-pyrrole nitrogens is 1. The average Bonchev–Trinajstić information content (AvgIpc) is 2.85. The van der Waals surface area contributed by atoms with E-state index in [1.165, 1.54) is 22.8 Å². The number of hydrogen-bond acceptors (Lipinski definition) is 8. The number of nitriles is 1. The molecule has 0 unspecified atom stereocenters. The number of aromatic nitrogens is 3. The third-order valence-electron chi connectivity index (χ3n) is 6.05. The van der Waals surface area contributed by atoms with Crippen molar-refractivity contribution in [1.82, 2.24) is 14.5 Å². The lowest BCUT2D eigenvalue weighted by atomic mass is 9.95. The zero-order valence-electron chi connectivity index (χ0n) is 19.6. The molecule has 0 bridgehead atoms. The van der Waals surface area contributed by atoms with Gasteiger partial charge in [0.05, 0.1) is 12.2 Å². The minimum Gasteiger partial charge on any atom is -0.383 e. The summed E-state index contributed by atoms with van der Waals surface area (Å²) in [7, 11) is 1.52. The third-order valence-corrected chi connectivity index (χ3v) is 6.05. The smallest absolute Gasteiger partial charge is 0.330 e. The largest absolute Gasteiger partial charge is 0.383 e. The number of piperidine rings is 1. The summed E-state index contributed by atoms with van der Waals surface area (Å²) < 4.78 is 6.48. The van der Waals surface area contributed by atoms with Gasteiger partial charge < -0.3 is 20.3 Å². The average molecular weight is 470 g/mol. The van der Waals surface area contributed by atoms with Crippen molar-refractivity contribution >= 4 is 23.2 Å². The summed E-state index contributed by atoms with van der Waals surface area (Å²) in [5, 5.41) is 8.95. The van der Waals surface area contributed by atoms with E-state index in [2.05, 4.69) is 20.9 Å². The molecule has 11 nitrogen and oxygen atoms in total. The van der Waals surface area contributed by atoms with Gasteiger partial charge in [-0.2, -0.15) is 5.26 Å². The molecule has 182 valence electrons.